The van der Waals surface area contributed by atoms with Gasteiger partial charge in [-0.25, -0.2) is 0 Å². The van der Waals surface area contributed by atoms with Crippen LogP contribution < -0.4 is 0 Å². The highest BCUT2D eigenvalue weighted by Gasteiger charge is 2.35. The first kappa shape index (κ1) is 11.5. The van der Waals surface area contributed by atoms with Crippen molar-refractivity contribution in [1.29, 1.82) is 0 Å². The molecule has 96 valence electrons. The van der Waals surface area contributed by atoms with E-state index in [-0.39, 0.29) is 0 Å². The van der Waals surface area contributed by atoms with E-state index in [1.165, 1.54) is 32.1 Å². The molecule has 0 spiro atoms. The number of carbonyl (C=O) groups is 1. The lowest BCUT2D eigenvalue weighted by atomic mass is 9.94. The number of amides is 1. The summed E-state index contributed by atoms with van der Waals surface area (Å²) in [5.41, 5.74) is 0. The van der Waals surface area contributed by atoms with Crippen LogP contribution in [0.4, 0.5) is 0 Å². The highest BCUT2D eigenvalue weighted by molar-refractivity contribution is 5.81. The molecule has 1 aliphatic heterocycles. The summed E-state index contributed by atoms with van der Waals surface area (Å²) in [6, 6.07) is 0.821. The molecule has 0 radical (unpaired) electrons. The van der Waals surface area contributed by atoms with Gasteiger partial charge < -0.3 is 4.90 Å². The normalized spacial score (nSPS) is 28.4. The molecule has 1 amide bonds. The molecular weight excluding hydrogens is 212 g/mol. The van der Waals surface area contributed by atoms with E-state index in [2.05, 4.69) is 9.80 Å². The molecule has 3 fully saturated rings. The lowest BCUT2D eigenvalue weighted by Gasteiger charge is -2.40. The minimum Gasteiger partial charge on any atom is -0.340 e. The average molecular weight is 236 g/mol. The summed E-state index contributed by atoms with van der Waals surface area (Å²) in [5, 5.41) is 0. The van der Waals surface area contributed by atoms with E-state index in [4.69, 9.17) is 0 Å². The molecule has 3 rings (SSSR count). The number of piperazine rings is 1. The average Bonchev–Trinajstić information content (AvgIpc) is 3.24. The van der Waals surface area contributed by atoms with E-state index < -0.39 is 0 Å². The van der Waals surface area contributed by atoms with Crippen molar-refractivity contribution in [2.75, 3.05) is 26.2 Å². The molecule has 1 heterocycles. The predicted octanol–water partition coefficient (Wildman–Crippen LogP) is 1.87. The van der Waals surface area contributed by atoms with Gasteiger partial charge in [-0.2, -0.15) is 0 Å². The standard InChI is InChI=1S/C14H24N2O/c17-14(12-6-7-12)16-10-8-15(9-11-16)13-4-2-1-3-5-13/h12-13H,1-11H2. The SMILES string of the molecule is O=C(C1CC1)N1CCN(C2CCCCC2)CC1. The fourth-order valence-corrected chi connectivity index (χ4v) is 3.34. The van der Waals surface area contributed by atoms with Gasteiger partial charge in [-0.3, -0.25) is 9.69 Å². The summed E-state index contributed by atoms with van der Waals surface area (Å²) in [7, 11) is 0. The Hall–Kier alpha value is -0.570. The van der Waals surface area contributed by atoms with Crippen LogP contribution in [0.1, 0.15) is 44.9 Å². The first-order valence-corrected chi connectivity index (χ1v) is 7.37. The van der Waals surface area contributed by atoms with E-state index >= 15 is 0 Å². The summed E-state index contributed by atoms with van der Waals surface area (Å²) in [5.74, 6) is 0.838. The Balaban J connectivity index is 1.47. The summed E-state index contributed by atoms with van der Waals surface area (Å²) in [4.78, 5) is 16.7. The van der Waals surface area contributed by atoms with Gasteiger partial charge in [0, 0.05) is 38.1 Å². The summed E-state index contributed by atoms with van der Waals surface area (Å²) < 4.78 is 0. The van der Waals surface area contributed by atoms with Gasteiger partial charge in [0.15, 0.2) is 0 Å². The van der Waals surface area contributed by atoms with Crippen LogP contribution >= 0.6 is 0 Å². The smallest absolute Gasteiger partial charge is 0.225 e. The van der Waals surface area contributed by atoms with Crippen LogP contribution in [0.5, 0.6) is 0 Å². The van der Waals surface area contributed by atoms with E-state index in [1.54, 1.807) is 0 Å². The van der Waals surface area contributed by atoms with E-state index in [9.17, 15) is 4.79 Å². The van der Waals surface area contributed by atoms with Gasteiger partial charge in [0.2, 0.25) is 5.91 Å². The predicted molar refractivity (Wildman–Crippen MR) is 67.8 cm³/mol. The molecule has 0 unspecified atom stereocenters. The zero-order valence-corrected chi connectivity index (χ0v) is 10.7. The van der Waals surface area contributed by atoms with E-state index in [0.29, 0.717) is 11.8 Å². The van der Waals surface area contributed by atoms with Gasteiger partial charge in [-0.05, 0) is 25.7 Å². The lowest BCUT2D eigenvalue weighted by molar-refractivity contribution is -0.134. The van der Waals surface area contributed by atoms with Crippen molar-refractivity contribution in [2.24, 2.45) is 5.92 Å². The second kappa shape index (κ2) is 4.97. The quantitative estimate of drug-likeness (QED) is 0.731. The third-order valence-corrected chi connectivity index (χ3v) is 4.64. The minimum atomic E-state index is 0.399. The summed E-state index contributed by atoms with van der Waals surface area (Å²) >= 11 is 0. The summed E-state index contributed by atoms with van der Waals surface area (Å²) in [6.45, 7) is 4.18. The maximum absolute atomic E-state index is 12.0. The van der Waals surface area contributed by atoms with Crippen LogP contribution in [0.3, 0.4) is 0 Å². The Kier molecular flexibility index (Phi) is 3.37. The molecule has 17 heavy (non-hydrogen) atoms. The van der Waals surface area contributed by atoms with Gasteiger partial charge in [0.25, 0.3) is 0 Å². The highest BCUT2D eigenvalue weighted by atomic mass is 16.2. The molecule has 0 aromatic heterocycles. The van der Waals surface area contributed by atoms with Crippen molar-refractivity contribution >= 4 is 5.91 Å². The number of hydrogen-bond acceptors (Lipinski definition) is 2. The number of nitrogens with zero attached hydrogens (tertiary/aromatic N) is 2. The molecule has 0 atom stereocenters. The van der Waals surface area contributed by atoms with Gasteiger partial charge in [0.1, 0.15) is 0 Å². The number of rotatable bonds is 2. The van der Waals surface area contributed by atoms with Gasteiger partial charge in [-0.1, -0.05) is 19.3 Å². The van der Waals surface area contributed by atoms with Crippen LogP contribution in [0.25, 0.3) is 0 Å². The number of hydrogen-bond donors (Lipinski definition) is 0. The number of carbonyl (C=O) groups excluding carboxylic acids is 1. The van der Waals surface area contributed by atoms with E-state index in [1.807, 2.05) is 0 Å². The fourth-order valence-electron chi connectivity index (χ4n) is 3.34. The molecular formula is C14H24N2O. The molecule has 0 N–H and O–H groups in total. The molecule has 0 aromatic rings. The van der Waals surface area contributed by atoms with Crippen molar-refractivity contribution in [1.82, 2.24) is 9.80 Å². The van der Waals surface area contributed by atoms with Crippen molar-refractivity contribution in [3.05, 3.63) is 0 Å². The molecule has 0 bridgehead atoms. The Morgan fingerprint density at radius 1 is 0.824 bits per heavy atom. The monoisotopic (exact) mass is 236 g/mol. The second-order valence-corrected chi connectivity index (χ2v) is 5.93. The zero-order chi connectivity index (χ0) is 11.7. The van der Waals surface area contributed by atoms with Crippen LogP contribution in [-0.4, -0.2) is 47.9 Å². The molecule has 3 heteroatoms. The van der Waals surface area contributed by atoms with E-state index in [0.717, 1.165) is 45.1 Å². The first-order chi connectivity index (χ1) is 8.34. The lowest BCUT2D eigenvalue weighted by Crippen LogP contribution is -2.52. The largest absolute Gasteiger partial charge is 0.340 e. The van der Waals surface area contributed by atoms with Crippen LogP contribution in [0, 0.1) is 5.92 Å². The van der Waals surface area contributed by atoms with Crippen LogP contribution in [-0.2, 0) is 4.79 Å². The van der Waals surface area contributed by atoms with Gasteiger partial charge >= 0.3 is 0 Å². The Morgan fingerprint density at radius 2 is 1.47 bits per heavy atom. The maximum atomic E-state index is 12.0. The molecule has 1 saturated heterocycles. The molecule has 3 aliphatic rings. The Labute approximate surface area is 104 Å². The van der Waals surface area contributed by atoms with Crippen molar-refractivity contribution in [2.45, 2.75) is 51.0 Å². The fraction of sp³-hybridized carbons (Fsp3) is 0.929. The van der Waals surface area contributed by atoms with Crippen molar-refractivity contribution < 1.29 is 4.79 Å². The molecule has 3 nitrogen and oxygen atoms in total. The topological polar surface area (TPSA) is 23.6 Å². The zero-order valence-electron chi connectivity index (χ0n) is 10.7. The van der Waals surface area contributed by atoms with Gasteiger partial charge in [-0.15, -0.1) is 0 Å². The highest BCUT2D eigenvalue weighted by Crippen LogP contribution is 2.31. The summed E-state index contributed by atoms with van der Waals surface area (Å²) in [6.07, 6.45) is 9.30. The molecule has 2 aliphatic carbocycles. The molecule has 2 saturated carbocycles. The Bertz CT molecular complexity index is 274. The van der Waals surface area contributed by atoms with Crippen molar-refractivity contribution in [3.63, 3.8) is 0 Å². The minimum absolute atomic E-state index is 0.399. The maximum Gasteiger partial charge on any atom is 0.225 e. The third kappa shape index (κ3) is 2.65. The molecule has 0 aromatic carbocycles. The van der Waals surface area contributed by atoms with Crippen LogP contribution in [0.2, 0.25) is 0 Å². The third-order valence-electron chi connectivity index (χ3n) is 4.64. The first-order valence-electron chi connectivity index (χ1n) is 7.37. The van der Waals surface area contributed by atoms with Crippen molar-refractivity contribution in [3.8, 4) is 0 Å². The second-order valence-electron chi connectivity index (χ2n) is 5.93. The Morgan fingerprint density at radius 3 is 2.06 bits per heavy atom. The van der Waals surface area contributed by atoms with Gasteiger partial charge in [0.05, 0.1) is 0 Å². The van der Waals surface area contributed by atoms with Crippen LogP contribution in [0.15, 0.2) is 0 Å².